The van der Waals surface area contributed by atoms with Crippen molar-refractivity contribution >= 4 is 29.2 Å². The lowest BCUT2D eigenvalue weighted by atomic mass is 10.1. The Kier molecular flexibility index (Phi) is 4.34. The third kappa shape index (κ3) is 3.37. The van der Waals surface area contributed by atoms with Gasteiger partial charge in [0.1, 0.15) is 5.76 Å². The summed E-state index contributed by atoms with van der Waals surface area (Å²) in [5, 5.41) is 7.27. The standard InChI is InChI=1S/C16H16ClN3O3/c1-10-6-14(19-23-10)20-9-12(7-15(20)21)16(22)18-8-11-4-2-3-5-13(11)17/h2-6,12H,7-9H2,1H3,(H,18,22). The molecule has 1 unspecified atom stereocenters. The van der Waals surface area contributed by atoms with E-state index in [0.717, 1.165) is 5.56 Å². The molecule has 1 aliphatic heterocycles. The Bertz CT molecular complexity index is 744. The number of benzene rings is 1. The summed E-state index contributed by atoms with van der Waals surface area (Å²) in [7, 11) is 0. The van der Waals surface area contributed by atoms with Gasteiger partial charge in [-0.25, -0.2) is 0 Å². The molecule has 6 nitrogen and oxygen atoms in total. The fraction of sp³-hybridized carbons (Fsp3) is 0.312. The largest absolute Gasteiger partial charge is 0.360 e. The maximum atomic E-state index is 12.3. The van der Waals surface area contributed by atoms with Crippen molar-refractivity contribution in [2.24, 2.45) is 5.92 Å². The number of rotatable bonds is 4. The number of carbonyl (C=O) groups excluding carboxylic acids is 2. The van der Waals surface area contributed by atoms with Crippen molar-refractivity contribution < 1.29 is 14.1 Å². The van der Waals surface area contributed by atoms with Gasteiger partial charge in [-0.2, -0.15) is 0 Å². The van der Waals surface area contributed by atoms with E-state index in [1.165, 1.54) is 4.90 Å². The second-order valence-corrected chi connectivity index (χ2v) is 5.92. The minimum absolute atomic E-state index is 0.129. The molecule has 1 N–H and O–H groups in total. The molecule has 2 heterocycles. The topological polar surface area (TPSA) is 75.4 Å². The van der Waals surface area contributed by atoms with E-state index < -0.39 is 5.92 Å². The van der Waals surface area contributed by atoms with Gasteiger partial charge < -0.3 is 9.84 Å². The van der Waals surface area contributed by atoms with Crippen LogP contribution in [0.15, 0.2) is 34.9 Å². The molecule has 0 saturated carbocycles. The van der Waals surface area contributed by atoms with Gasteiger partial charge in [0.2, 0.25) is 11.8 Å². The first kappa shape index (κ1) is 15.6. The number of aromatic nitrogens is 1. The SMILES string of the molecule is Cc1cc(N2CC(C(=O)NCc3ccccc3Cl)CC2=O)no1. The molecule has 0 aliphatic carbocycles. The van der Waals surface area contributed by atoms with Crippen LogP contribution in [0.25, 0.3) is 0 Å². The molecule has 1 aliphatic rings. The fourth-order valence-corrected chi connectivity index (χ4v) is 2.76. The first-order valence-electron chi connectivity index (χ1n) is 7.29. The molecule has 1 fully saturated rings. The maximum Gasteiger partial charge on any atom is 0.229 e. The summed E-state index contributed by atoms with van der Waals surface area (Å²) >= 11 is 6.06. The molecular formula is C16H16ClN3O3. The quantitative estimate of drug-likeness (QED) is 0.931. The van der Waals surface area contributed by atoms with Crippen molar-refractivity contribution in [1.82, 2.24) is 10.5 Å². The number of amides is 2. The second-order valence-electron chi connectivity index (χ2n) is 5.51. The summed E-state index contributed by atoms with van der Waals surface area (Å²) in [6, 6.07) is 9.01. The monoisotopic (exact) mass is 333 g/mol. The van der Waals surface area contributed by atoms with Crippen molar-refractivity contribution in [3.8, 4) is 0 Å². The number of hydrogen-bond acceptors (Lipinski definition) is 4. The maximum absolute atomic E-state index is 12.3. The van der Waals surface area contributed by atoms with Gasteiger partial charge in [0, 0.05) is 30.6 Å². The summed E-state index contributed by atoms with van der Waals surface area (Å²) in [5.74, 6) is 0.382. The van der Waals surface area contributed by atoms with Gasteiger partial charge >= 0.3 is 0 Å². The van der Waals surface area contributed by atoms with Crippen LogP contribution < -0.4 is 10.2 Å². The van der Waals surface area contributed by atoms with E-state index in [2.05, 4.69) is 10.5 Å². The Morgan fingerprint density at radius 2 is 2.26 bits per heavy atom. The fourth-order valence-electron chi connectivity index (χ4n) is 2.55. The van der Waals surface area contributed by atoms with E-state index >= 15 is 0 Å². The zero-order valence-corrected chi connectivity index (χ0v) is 13.3. The molecule has 120 valence electrons. The van der Waals surface area contributed by atoms with Crippen molar-refractivity contribution in [2.45, 2.75) is 19.9 Å². The highest BCUT2D eigenvalue weighted by Crippen LogP contribution is 2.25. The van der Waals surface area contributed by atoms with Gasteiger partial charge in [0.05, 0.1) is 5.92 Å². The summed E-state index contributed by atoms with van der Waals surface area (Å²) in [6.07, 6.45) is 0.167. The zero-order valence-electron chi connectivity index (χ0n) is 12.6. The van der Waals surface area contributed by atoms with E-state index in [4.69, 9.17) is 16.1 Å². The van der Waals surface area contributed by atoms with Gasteiger partial charge in [-0.3, -0.25) is 14.5 Å². The number of hydrogen-bond donors (Lipinski definition) is 1. The lowest BCUT2D eigenvalue weighted by Gasteiger charge is -2.13. The number of nitrogens with zero attached hydrogens (tertiary/aromatic N) is 2. The Morgan fingerprint density at radius 1 is 1.48 bits per heavy atom. The van der Waals surface area contributed by atoms with Crippen LogP contribution in [0.2, 0.25) is 5.02 Å². The summed E-state index contributed by atoms with van der Waals surface area (Å²) in [6.45, 7) is 2.40. The number of anilines is 1. The Labute approximate surface area is 138 Å². The molecule has 1 saturated heterocycles. The molecule has 7 heteroatoms. The van der Waals surface area contributed by atoms with Crippen LogP contribution in [0.4, 0.5) is 5.82 Å². The molecule has 0 radical (unpaired) electrons. The molecule has 0 spiro atoms. The summed E-state index contributed by atoms with van der Waals surface area (Å²) in [5.41, 5.74) is 0.843. The van der Waals surface area contributed by atoms with Crippen LogP contribution >= 0.6 is 11.6 Å². The van der Waals surface area contributed by atoms with E-state index in [0.29, 0.717) is 29.7 Å². The second kappa shape index (κ2) is 6.42. The van der Waals surface area contributed by atoms with Crippen molar-refractivity contribution in [3.05, 3.63) is 46.7 Å². The summed E-state index contributed by atoms with van der Waals surface area (Å²) < 4.78 is 4.98. The van der Waals surface area contributed by atoms with Crippen LogP contribution in [0, 0.1) is 12.8 Å². The first-order chi connectivity index (χ1) is 11.0. The van der Waals surface area contributed by atoms with E-state index in [9.17, 15) is 9.59 Å². The molecule has 2 amide bonds. The van der Waals surface area contributed by atoms with E-state index in [-0.39, 0.29) is 18.2 Å². The van der Waals surface area contributed by atoms with Crippen molar-refractivity contribution in [2.75, 3.05) is 11.4 Å². The predicted molar refractivity (Wildman–Crippen MR) is 85.0 cm³/mol. The first-order valence-corrected chi connectivity index (χ1v) is 7.67. The summed E-state index contributed by atoms with van der Waals surface area (Å²) in [4.78, 5) is 25.8. The molecule has 0 bridgehead atoms. The average molecular weight is 334 g/mol. The van der Waals surface area contributed by atoms with Crippen molar-refractivity contribution in [1.29, 1.82) is 0 Å². The molecule has 1 atom stereocenters. The number of nitrogens with one attached hydrogen (secondary N) is 1. The molecular weight excluding hydrogens is 318 g/mol. The van der Waals surface area contributed by atoms with Crippen LogP contribution in [0.3, 0.4) is 0 Å². The Balaban J connectivity index is 1.61. The smallest absolute Gasteiger partial charge is 0.229 e. The van der Waals surface area contributed by atoms with Crippen LogP contribution in [-0.4, -0.2) is 23.5 Å². The van der Waals surface area contributed by atoms with E-state index in [1.54, 1.807) is 19.1 Å². The van der Waals surface area contributed by atoms with Crippen molar-refractivity contribution in [3.63, 3.8) is 0 Å². The normalized spacial score (nSPS) is 17.6. The van der Waals surface area contributed by atoms with Crippen LogP contribution in [-0.2, 0) is 16.1 Å². The third-order valence-electron chi connectivity index (χ3n) is 3.80. The van der Waals surface area contributed by atoms with Gasteiger partial charge in [-0.1, -0.05) is 35.0 Å². The highest BCUT2D eigenvalue weighted by molar-refractivity contribution is 6.31. The Hall–Kier alpha value is -2.34. The number of carbonyl (C=O) groups is 2. The van der Waals surface area contributed by atoms with Crippen LogP contribution in [0.5, 0.6) is 0 Å². The Morgan fingerprint density at radius 3 is 2.96 bits per heavy atom. The zero-order chi connectivity index (χ0) is 16.4. The highest BCUT2D eigenvalue weighted by Gasteiger charge is 2.36. The third-order valence-corrected chi connectivity index (χ3v) is 4.17. The lowest BCUT2D eigenvalue weighted by Crippen LogP contribution is -2.32. The number of halogens is 1. The highest BCUT2D eigenvalue weighted by atomic mass is 35.5. The van der Waals surface area contributed by atoms with E-state index in [1.807, 2.05) is 18.2 Å². The minimum atomic E-state index is -0.401. The lowest BCUT2D eigenvalue weighted by molar-refractivity contribution is -0.126. The van der Waals surface area contributed by atoms with Crippen LogP contribution in [0.1, 0.15) is 17.7 Å². The van der Waals surface area contributed by atoms with Gasteiger partial charge in [0.25, 0.3) is 0 Å². The van der Waals surface area contributed by atoms with Gasteiger partial charge in [-0.05, 0) is 18.6 Å². The molecule has 1 aromatic carbocycles. The minimum Gasteiger partial charge on any atom is -0.360 e. The predicted octanol–water partition coefficient (Wildman–Crippen LogP) is 2.31. The molecule has 1 aromatic heterocycles. The van der Waals surface area contributed by atoms with Gasteiger partial charge in [-0.15, -0.1) is 0 Å². The molecule has 3 rings (SSSR count). The number of aryl methyl sites for hydroxylation is 1. The molecule has 2 aromatic rings. The molecule has 23 heavy (non-hydrogen) atoms. The average Bonchev–Trinajstić information content (AvgIpc) is 3.12. The van der Waals surface area contributed by atoms with Gasteiger partial charge in [0.15, 0.2) is 5.82 Å².